The Hall–Kier alpha value is -2.10. The largest absolute Gasteiger partial charge is 0.365 e. The van der Waals surface area contributed by atoms with Gasteiger partial charge in [-0.2, -0.15) is 0 Å². The number of nitrogens with one attached hydrogen (secondary N) is 2. The van der Waals surface area contributed by atoms with Crippen LogP contribution in [-0.4, -0.2) is 22.1 Å². The predicted molar refractivity (Wildman–Crippen MR) is 81.8 cm³/mol. The zero-order valence-corrected chi connectivity index (χ0v) is 11.5. The van der Waals surface area contributed by atoms with Gasteiger partial charge in [-0.25, -0.2) is 9.97 Å². The molecule has 0 bridgehead atoms. The van der Waals surface area contributed by atoms with Crippen molar-refractivity contribution in [1.82, 2.24) is 9.97 Å². The van der Waals surface area contributed by atoms with Gasteiger partial charge in [-0.15, -0.1) is 0 Å². The molecule has 20 heavy (non-hydrogen) atoms. The molecule has 2 heterocycles. The fourth-order valence-corrected chi connectivity index (χ4v) is 2.75. The quantitative estimate of drug-likeness (QED) is 0.893. The van der Waals surface area contributed by atoms with E-state index in [1.54, 1.807) is 0 Å². The topological polar surface area (TPSA) is 49.8 Å². The molecular formula is C16H20N4. The molecule has 1 aliphatic rings. The number of rotatable bonds is 4. The standard InChI is InChI=1S/C16H20N4/c1-2-8-14(20-16-10-4-6-12-18-16)13(7-1)19-15-9-3-5-11-17-15/h3-6,9-14H,1-2,7-8H2,(H,17,19)(H,18,20)/t13-,14-/m0/s1. The fraction of sp³-hybridized carbons (Fsp3) is 0.375. The lowest BCUT2D eigenvalue weighted by atomic mass is 9.90. The third-order valence-electron chi connectivity index (χ3n) is 3.76. The summed E-state index contributed by atoms with van der Waals surface area (Å²) < 4.78 is 0. The van der Waals surface area contributed by atoms with Gasteiger partial charge in [0.15, 0.2) is 0 Å². The molecule has 0 aromatic carbocycles. The van der Waals surface area contributed by atoms with E-state index in [0.717, 1.165) is 11.6 Å². The van der Waals surface area contributed by atoms with Gasteiger partial charge in [0.1, 0.15) is 11.6 Å². The maximum absolute atomic E-state index is 4.36. The summed E-state index contributed by atoms with van der Waals surface area (Å²) in [5.41, 5.74) is 0. The highest BCUT2D eigenvalue weighted by Gasteiger charge is 2.25. The van der Waals surface area contributed by atoms with Gasteiger partial charge in [0.25, 0.3) is 0 Å². The van der Waals surface area contributed by atoms with Crippen LogP contribution in [0, 0.1) is 0 Å². The van der Waals surface area contributed by atoms with Gasteiger partial charge in [-0.1, -0.05) is 25.0 Å². The first-order valence-corrected chi connectivity index (χ1v) is 7.27. The van der Waals surface area contributed by atoms with Crippen LogP contribution in [0.2, 0.25) is 0 Å². The van der Waals surface area contributed by atoms with Crippen LogP contribution < -0.4 is 10.6 Å². The van der Waals surface area contributed by atoms with Gasteiger partial charge in [0.2, 0.25) is 0 Å². The van der Waals surface area contributed by atoms with Crippen LogP contribution in [0.5, 0.6) is 0 Å². The molecule has 0 radical (unpaired) electrons. The second-order valence-corrected chi connectivity index (χ2v) is 5.22. The van der Waals surface area contributed by atoms with Gasteiger partial charge in [0, 0.05) is 24.5 Å². The van der Waals surface area contributed by atoms with E-state index < -0.39 is 0 Å². The van der Waals surface area contributed by atoms with Gasteiger partial charge < -0.3 is 10.6 Å². The molecule has 104 valence electrons. The Morgan fingerprint density at radius 1 is 0.750 bits per heavy atom. The number of hydrogen-bond donors (Lipinski definition) is 2. The van der Waals surface area contributed by atoms with Crippen LogP contribution in [-0.2, 0) is 0 Å². The zero-order valence-electron chi connectivity index (χ0n) is 11.5. The number of pyridine rings is 2. The Bertz CT molecular complexity index is 465. The Kier molecular flexibility index (Phi) is 4.11. The van der Waals surface area contributed by atoms with Crippen LogP contribution in [0.1, 0.15) is 25.7 Å². The summed E-state index contributed by atoms with van der Waals surface area (Å²) >= 11 is 0. The predicted octanol–water partition coefficient (Wildman–Crippen LogP) is 3.31. The van der Waals surface area contributed by atoms with Crippen LogP contribution in [0.4, 0.5) is 11.6 Å². The number of nitrogens with zero attached hydrogens (tertiary/aromatic N) is 2. The molecule has 4 nitrogen and oxygen atoms in total. The molecule has 1 fully saturated rings. The molecule has 1 saturated carbocycles. The summed E-state index contributed by atoms with van der Waals surface area (Å²) in [6.07, 6.45) is 8.52. The highest BCUT2D eigenvalue weighted by Crippen LogP contribution is 2.24. The number of anilines is 2. The van der Waals surface area contributed by atoms with Crippen molar-refractivity contribution >= 4 is 11.6 Å². The normalized spacial score (nSPS) is 22.2. The summed E-state index contributed by atoms with van der Waals surface area (Å²) in [4.78, 5) is 8.72. The van der Waals surface area contributed by atoms with Gasteiger partial charge in [-0.3, -0.25) is 0 Å². The van der Waals surface area contributed by atoms with Crippen molar-refractivity contribution in [3.05, 3.63) is 48.8 Å². The van der Waals surface area contributed by atoms with E-state index in [4.69, 9.17) is 0 Å². The summed E-state index contributed by atoms with van der Waals surface area (Å²) in [7, 11) is 0. The third-order valence-corrected chi connectivity index (χ3v) is 3.76. The van der Waals surface area contributed by atoms with E-state index in [0.29, 0.717) is 12.1 Å². The highest BCUT2D eigenvalue weighted by atomic mass is 15.1. The van der Waals surface area contributed by atoms with Crippen LogP contribution in [0.25, 0.3) is 0 Å². The average Bonchev–Trinajstić information content (AvgIpc) is 2.51. The van der Waals surface area contributed by atoms with E-state index in [1.165, 1.54) is 25.7 Å². The SMILES string of the molecule is c1ccc(N[C@H]2CCCC[C@@H]2Nc2ccccn2)nc1. The monoisotopic (exact) mass is 268 g/mol. The first kappa shape index (κ1) is 12.9. The first-order chi connectivity index (χ1) is 9.92. The second-order valence-electron chi connectivity index (χ2n) is 5.22. The maximum atomic E-state index is 4.36. The Balaban J connectivity index is 1.68. The second kappa shape index (κ2) is 6.37. The molecule has 2 atom stereocenters. The van der Waals surface area contributed by atoms with Crippen molar-refractivity contribution in [2.45, 2.75) is 37.8 Å². The minimum atomic E-state index is 0.403. The van der Waals surface area contributed by atoms with Gasteiger partial charge in [-0.05, 0) is 37.1 Å². The lowest BCUT2D eigenvalue weighted by Gasteiger charge is -2.33. The first-order valence-electron chi connectivity index (χ1n) is 7.27. The molecule has 1 aliphatic carbocycles. The van der Waals surface area contributed by atoms with Gasteiger partial charge in [0.05, 0.1) is 0 Å². The van der Waals surface area contributed by atoms with Crippen molar-refractivity contribution in [3.63, 3.8) is 0 Å². The molecule has 2 N–H and O–H groups in total. The Labute approximate surface area is 119 Å². The highest BCUT2D eigenvalue weighted by molar-refractivity contribution is 5.39. The lowest BCUT2D eigenvalue weighted by Crippen LogP contribution is -2.42. The average molecular weight is 268 g/mol. The molecule has 0 amide bonds. The minimum absolute atomic E-state index is 0.403. The molecule has 4 heteroatoms. The van der Waals surface area contributed by atoms with E-state index in [1.807, 2.05) is 48.8 Å². The summed E-state index contributed by atoms with van der Waals surface area (Å²) in [6, 6.07) is 12.8. The fourth-order valence-electron chi connectivity index (χ4n) is 2.75. The zero-order chi connectivity index (χ0) is 13.6. The van der Waals surface area contributed by atoms with E-state index in [-0.39, 0.29) is 0 Å². The molecule has 0 spiro atoms. The molecule has 3 rings (SSSR count). The number of hydrogen-bond acceptors (Lipinski definition) is 4. The van der Waals surface area contributed by atoms with Crippen molar-refractivity contribution in [2.75, 3.05) is 10.6 Å². The van der Waals surface area contributed by atoms with Crippen molar-refractivity contribution in [1.29, 1.82) is 0 Å². The maximum Gasteiger partial charge on any atom is 0.126 e. The van der Waals surface area contributed by atoms with Crippen LogP contribution in [0.3, 0.4) is 0 Å². The Morgan fingerprint density at radius 2 is 1.25 bits per heavy atom. The van der Waals surface area contributed by atoms with E-state index in [2.05, 4.69) is 20.6 Å². The summed E-state index contributed by atoms with van der Waals surface area (Å²) in [5, 5.41) is 7.10. The summed E-state index contributed by atoms with van der Waals surface area (Å²) in [6.45, 7) is 0. The van der Waals surface area contributed by atoms with Gasteiger partial charge >= 0.3 is 0 Å². The smallest absolute Gasteiger partial charge is 0.126 e. The van der Waals surface area contributed by atoms with Crippen molar-refractivity contribution in [2.24, 2.45) is 0 Å². The Morgan fingerprint density at radius 3 is 1.65 bits per heavy atom. The third kappa shape index (κ3) is 3.26. The van der Waals surface area contributed by atoms with E-state index >= 15 is 0 Å². The van der Waals surface area contributed by atoms with Crippen molar-refractivity contribution < 1.29 is 0 Å². The summed E-state index contributed by atoms with van der Waals surface area (Å²) in [5.74, 6) is 1.90. The van der Waals surface area contributed by atoms with E-state index in [9.17, 15) is 0 Å². The minimum Gasteiger partial charge on any atom is -0.365 e. The van der Waals surface area contributed by atoms with Crippen molar-refractivity contribution in [3.8, 4) is 0 Å². The number of aromatic nitrogens is 2. The lowest BCUT2D eigenvalue weighted by molar-refractivity contribution is 0.422. The molecule has 0 saturated heterocycles. The molecule has 0 unspecified atom stereocenters. The molecular weight excluding hydrogens is 248 g/mol. The van der Waals surface area contributed by atoms with Crippen LogP contribution >= 0.6 is 0 Å². The molecule has 2 aromatic heterocycles. The van der Waals surface area contributed by atoms with Crippen LogP contribution in [0.15, 0.2) is 48.8 Å². The molecule has 2 aromatic rings. The molecule has 0 aliphatic heterocycles.